The Balaban J connectivity index is 2.85. The zero-order valence-corrected chi connectivity index (χ0v) is 9.12. The molecule has 0 aromatic rings. The van der Waals surface area contributed by atoms with Crippen LogP contribution in [0, 0.1) is 5.92 Å². The summed E-state index contributed by atoms with van der Waals surface area (Å²) >= 11 is 0. The van der Waals surface area contributed by atoms with Gasteiger partial charge in [0.15, 0.2) is 5.78 Å². The molecule has 5 nitrogen and oxygen atoms in total. The highest BCUT2D eigenvalue weighted by molar-refractivity contribution is 5.81. The van der Waals surface area contributed by atoms with E-state index < -0.39 is 30.5 Å². The number of carbonyl (C=O) groups is 1. The van der Waals surface area contributed by atoms with Crippen molar-refractivity contribution in [2.24, 2.45) is 5.92 Å². The summed E-state index contributed by atoms with van der Waals surface area (Å²) in [5, 5.41) is 28.7. The predicted molar refractivity (Wildman–Crippen MR) is 52.2 cm³/mol. The van der Waals surface area contributed by atoms with Crippen molar-refractivity contribution in [1.82, 2.24) is 0 Å². The van der Waals surface area contributed by atoms with Gasteiger partial charge in [0.2, 0.25) is 0 Å². The van der Waals surface area contributed by atoms with E-state index in [1.165, 1.54) is 6.92 Å². The lowest BCUT2D eigenvalue weighted by Gasteiger charge is -2.41. The summed E-state index contributed by atoms with van der Waals surface area (Å²) in [7, 11) is 0. The number of ether oxygens (including phenoxy) is 1. The molecule has 1 heterocycles. The van der Waals surface area contributed by atoms with Crippen molar-refractivity contribution >= 4 is 5.78 Å². The molecular formula is C10H18O5. The van der Waals surface area contributed by atoms with Crippen LogP contribution in [0.1, 0.15) is 20.8 Å². The third kappa shape index (κ3) is 2.36. The average Bonchev–Trinajstić information content (AvgIpc) is 2.13. The van der Waals surface area contributed by atoms with E-state index in [9.17, 15) is 20.1 Å². The third-order valence-electron chi connectivity index (χ3n) is 2.71. The minimum absolute atomic E-state index is 0.0380. The summed E-state index contributed by atoms with van der Waals surface area (Å²) in [4.78, 5) is 11.2. The molecule has 0 bridgehead atoms. The topological polar surface area (TPSA) is 87.0 Å². The van der Waals surface area contributed by atoms with E-state index in [-0.39, 0.29) is 11.7 Å². The van der Waals surface area contributed by atoms with Gasteiger partial charge in [0.05, 0.1) is 6.10 Å². The molecule has 3 unspecified atom stereocenters. The smallest absolute Gasteiger partial charge is 0.161 e. The van der Waals surface area contributed by atoms with Crippen LogP contribution in [-0.2, 0) is 9.53 Å². The number of carbonyl (C=O) groups excluding carboxylic acids is 1. The molecule has 3 N–H and O–H groups in total. The van der Waals surface area contributed by atoms with Gasteiger partial charge in [-0.1, -0.05) is 13.8 Å². The molecule has 0 amide bonds. The first kappa shape index (κ1) is 12.6. The van der Waals surface area contributed by atoms with Crippen LogP contribution in [0.3, 0.4) is 0 Å². The first-order valence-corrected chi connectivity index (χ1v) is 5.06. The van der Waals surface area contributed by atoms with Crippen molar-refractivity contribution < 1.29 is 24.9 Å². The number of aliphatic hydroxyl groups is 3. The largest absolute Gasteiger partial charge is 0.388 e. The molecular weight excluding hydrogens is 200 g/mol. The maximum absolute atomic E-state index is 11.2. The lowest BCUT2D eigenvalue weighted by molar-refractivity contribution is -0.227. The standard InChI is InChI=1S/C10H18O5/c1-4(2)9-7(13)6(12)8(14)10(15-9)5(3)11/h4,6-10,12-14H,1-3H3/t6?,7-,8?,9-,10?/m0/s1. The first-order valence-electron chi connectivity index (χ1n) is 5.06. The minimum Gasteiger partial charge on any atom is -0.388 e. The Hall–Kier alpha value is -0.490. The van der Waals surface area contributed by atoms with Gasteiger partial charge in [-0.3, -0.25) is 4.79 Å². The number of aliphatic hydroxyl groups excluding tert-OH is 3. The minimum atomic E-state index is -1.35. The van der Waals surface area contributed by atoms with Gasteiger partial charge in [-0.25, -0.2) is 0 Å². The molecule has 1 rings (SSSR count). The third-order valence-corrected chi connectivity index (χ3v) is 2.71. The van der Waals surface area contributed by atoms with Crippen molar-refractivity contribution in [3.63, 3.8) is 0 Å². The van der Waals surface area contributed by atoms with Crippen LogP contribution in [0.4, 0.5) is 0 Å². The quantitative estimate of drug-likeness (QED) is 0.558. The van der Waals surface area contributed by atoms with E-state index in [2.05, 4.69) is 0 Å². The second kappa shape index (κ2) is 4.57. The van der Waals surface area contributed by atoms with Crippen molar-refractivity contribution in [1.29, 1.82) is 0 Å². The highest BCUT2D eigenvalue weighted by atomic mass is 16.5. The Morgan fingerprint density at radius 3 is 2.07 bits per heavy atom. The molecule has 1 saturated heterocycles. The Morgan fingerprint density at radius 1 is 1.13 bits per heavy atom. The summed E-state index contributed by atoms with van der Waals surface area (Å²) in [6.45, 7) is 4.92. The molecule has 15 heavy (non-hydrogen) atoms. The summed E-state index contributed by atoms with van der Waals surface area (Å²) in [5.74, 6) is -0.386. The van der Waals surface area contributed by atoms with Crippen molar-refractivity contribution in [3.05, 3.63) is 0 Å². The summed E-state index contributed by atoms with van der Waals surface area (Å²) in [6.07, 6.45) is -5.52. The van der Waals surface area contributed by atoms with Crippen molar-refractivity contribution in [3.8, 4) is 0 Å². The van der Waals surface area contributed by atoms with Gasteiger partial charge in [-0.2, -0.15) is 0 Å². The molecule has 0 aromatic heterocycles. The SMILES string of the molecule is CC(=O)C1O[C@@H](C(C)C)[C@@H](O)C(O)C1O. The van der Waals surface area contributed by atoms with Crippen LogP contribution in [0.2, 0.25) is 0 Å². The maximum atomic E-state index is 11.2. The Bertz CT molecular complexity index is 240. The van der Waals surface area contributed by atoms with Gasteiger partial charge in [-0.05, 0) is 12.8 Å². The average molecular weight is 218 g/mol. The van der Waals surface area contributed by atoms with Crippen LogP contribution < -0.4 is 0 Å². The van der Waals surface area contributed by atoms with E-state index in [0.717, 1.165) is 0 Å². The molecule has 0 aliphatic carbocycles. The first-order chi connectivity index (χ1) is 6.86. The fourth-order valence-corrected chi connectivity index (χ4v) is 1.79. The molecule has 0 spiro atoms. The molecule has 5 heteroatoms. The van der Waals surface area contributed by atoms with Crippen LogP contribution >= 0.6 is 0 Å². The summed E-state index contributed by atoms with van der Waals surface area (Å²) in [5.41, 5.74) is 0. The number of hydrogen-bond acceptors (Lipinski definition) is 5. The molecule has 5 atom stereocenters. The molecule has 1 aliphatic heterocycles. The highest BCUT2D eigenvalue weighted by Crippen LogP contribution is 2.26. The van der Waals surface area contributed by atoms with E-state index in [1.54, 1.807) is 0 Å². The van der Waals surface area contributed by atoms with Crippen LogP contribution in [0.5, 0.6) is 0 Å². The predicted octanol–water partition coefficient (Wildman–Crippen LogP) is -0.919. The zero-order chi connectivity index (χ0) is 11.7. The number of hydrogen-bond donors (Lipinski definition) is 3. The van der Waals surface area contributed by atoms with Crippen molar-refractivity contribution in [2.45, 2.75) is 51.3 Å². The van der Waals surface area contributed by atoms with Crippen LogP contribution in [-0.4, -0.2) is 51.6 Å². The molecule has 0 saturated carbocycles. The lowest BCUT2D eigenvalue weighted by atomic mass is 9.88. The van der Waals surface area contributed by atoms with Gasteiger partial charge in [0.1, 0.15) is 24.4 Å². The van der Waals surface area contributed by atoms with E-state index in [4.69, 9.17) is 4.74 Å². The molecule has 88 valence electrons. The maximum Gasteiger partial charge on any atom is 0.161 e. The number of Topliss-reactive ketones (excluding diaryl/α,β-unsaturated/α-hetero) is 1. The Morgan fingerprint density at radius 2 is 1.67 bits per heavy atom. The van der Waals surface area contributed by atoms with Crippen LogP contribution in [0.15, 0.2) is 0 Å². The lowest BCUT2D eigenvalue weighted by Crippen LogP contribution is -2.60. The monoisotopic (exact) mass is 218 g/mol. The van der Waals surface area contributed by atoms with Gasteiger partial charge in [0.25, 0.3) is 0 Å². The fourth-order valence-electron chi connectivity index (χ4n) is 1.79. The summed E-state index contributed by atoms with van der Waals surface area (Å²) in [6, 6.07) is 0. The Kier molecular flexibility index (Phi) is 3.83. The molecule has 1 fully saturated rings. The second-order valence-electron chi connectivity index (χ2n) is 4.35. The number of rotatable bonds is 2. The van der Waals surface area contributed by atoms with Crippen LogP contribution in [0.25, 0.3) is 0 Å². The van der Waals surface area contributed by atoms with Gasteiger partial charge in [0, 0.05) is 0 Å². The fraction of sp³-hybridized carbons (Fsp3) is 0.900. The van der Waals surface area contributed by atoms with Gasteiger partial charge >= 0.3 is 0 Å². The highest BCUT2D eigenvalue weighted by Gasteiger charge is 2.46. The molecule has 0 radical (unpaired) electrons. The normalized spacial score (nSPS) is 41.9. The Labute approximate surface area is 88.7 Å². The van der Waals surface area contributed by atoms with Crippen molar-refractivity contribution in [2.75, 3.05) is 0 Å². The van der Waals surface area contributed by atoms with Gasteiger partial charge < -0.3 is 20.1 Å². The molecule has 0 aromatic carbocycles. The molecule has 1 aliphatic rings. The zero-order valence-electron chi connectivity index (χ0n) is 9.12. The van der Waals surface area contributed by atoms with Gasteiger partial charge in [-0.15, -0.1) is 0 Å². The van der Waals surface area contributed by atoms with E-state index in [0.29, 0.717) is 0 Å². The number of ketones is 1. The van der Waals surface area contributed by atoms with E-state index in [1.807, 2.05) is 13.8 Å². The van der Waals surface area contributed by atoms with E-state index >= 15 is 0 Å². The summed E-state index contributed by atoms with van der Waals surface area (Å²) < 4.78 is 5.29. The second-order valence-corrected chi connectivity index (χ2v) is 4.35.